The van der Waals surface area contributed by atoms with E-state index in [0.717, 1.165) is 12.8 Å². The molecule has 0 aliphatic carbocycles. The molecule has 4 heteroatoms. The monoisotopic (exact) mass is 182 g/mol. The maximum Gasteiger partial charge on any atom is 0.237 e. The molecule has 0 aromatic rings. The lowest BCUT2D eigenvalue weighted by atomic mass is 10.1. The summed E-state index contributed by atoms with van der Waals surface area (Å²) in [5.74, 6) is -0.161. The van der Waals surface area contributed by atoms with Crippen molar-refractivity contribution in [2.75, 3.05) is 6.54 Å². The van der Waals surface area contributed by atoms with Gasteiger partial charge in [-0.1, -0.05) is 0 Å². The molecule has 0 unspecified atom stereocenters. The molecule has 4 nitrogen and oxygen atoms in total. The van der Waals surface area contributed by atoms with Gasteiger partial charge in [0.2, 0.25) is 5.91 Å². The number of amides is 1. The van der Waals surface area contributed by atoms with E-state index in [-0.39, 0.29) is 18.4 Å². The Labute approximate surface area is 77.8 Å². The van der Waals surface area contributed by atoms with Crippen LogP contribution in [0.2, 0.25) is 0 Å². The second-order valence-electron chi connectivity index (χ2n) is 3.37. The molecule has 0 bridgehead atoms. The molecule has 0 aromatic heterocycles. The van der Waals surface area contributed by atoms with E-state index >= 15 is 0 Å². The second kappa shape index (κ2) is 4.24. The van der Waals surface area contributed by atoms with Gasteiger partial charge in [-0.2, -0.15) is 5.26 Å². The molecule has 2 atom stereocenters. The van der Waals surface area contributed by atoms with E-state index in [2.05, 4.69) is 0 Å². The SMILES string of the molecule is C[C@@H](O)[C@@H]1CCCN1C(=O)CC#N. The van der Waals surface area contributed by atoms with Crippen LogP contribution in [0, 0.1) is 11.3 Å². The van der Waals surface area contributed by atoms with Crippen molar-refractivity contribution in [1.82, 2.24) is 4.90 Å². The lowest BCUT2D eigenvalue weighted by molar-refractivity contribution is -0.132. The molecule has 13 heavy (non-hydrogen) atoms. The van der Waals surface area contributed by atoms with Crippen LogP contribution in [-0.4, -0.2) is 34.6 Å². The highest BCUT2D eigenvalue weighted by molar-refractivity contribution is 5.78. The van der Waals surface area contributed by atoms with Crippen LogP contribution >= 0.6 is 0 Å². The Balaban J connectivity index is 2.58. The number of likely N-dealkylation sites (tertiary alicyclic amines) is 1. The summed E-state index contributed by atoms with van der Waals surface area (Å²) >= 11 is 0. The van der Waals surface area contributed by atoms with Crippen LogP contribution in [-0.2, 0) is 4.79 Å². The third-order valence-corrected chi connectivity index (χ3v) is 2.41. The smallest absolute Gasteiger partial charge is 0.237 e. The average molecular weight is 182 g/mol. The van der Waals surface area contributed by atoms with Crippen LogP contribution < -0.4 is 0 Å². The highest BCUT2D eigenvalue weighted by Gasteiger charge is 2.31. The zero-order valence-corrected chi connectivity index (χ0v) is 7.73. The van der Waals surface area contributed by atoms with Gasteiger partial charge >= 0.3 is 0 Å². The molecule has 1 heterocycles. The number of hydrogen-bond donors (Lipinski definition) is 1. The lowest BCUT2D eigenvalue weighted by Gasteiger charge is -2.25. The second-order valence-corrected chi connectivity index (χ2v) is 3.37. The number of rotatable bonds is 2. The normalized spacial score (nSPS) is 24.1. The van der Waals surface area contributed by atoms with Gasteiger partial charge in [0.25, 0.3) is 0 Å². The number of aliphatic hydroxyl groups is 1. The van der Waals surface area contributed by atoms with Crippen molar-refractivity contribution in [1.29, 1.82) is 5.26 Å². The molecule has 1 fully saturated rings. The summed E-state index contributed by atoms with van der Waals surface area (Å²) in [5, 5.41) is 17.7. The average Bonchev–Trinajstić information content (AvgIpc) is 2.52. The van der Waals surface area contributed by atoms with E-state index in [0.29, 0.717) is 6.54 Å². The molecular weight excluding hydrogens is 168 g/mol. The highest BCUT2D eigenvalue weighted by atomic mass is 16.3. The van der Waals surface area contributed by atoms with E-state index in [1.165, 1.54) is 0 Å². The Morgan fingerprint density at radius 2 is 2.54 bits per heavy atom. The van der Waals surface area contributed by atoms with Gasteiger partial charge in [-0.15, -0.1) is 0 Å². The largest absolute Gasteiger partial charge is 0.391 e. The third-order valence-electron chi connectivity index (χ3n) is 2.41. The number of aliphatic hydroxyl groups excluding tert-OH is 1. The number of nitrogens with zero attached hydrogens (tertiary/aromatic N) is 2. The molecule has 0 spiro atoms. The minimum Gasteiger partial charge on any atom is -0.391 e. The van der Waals surface area contributed by atoms with Crippen LogP contribution in [0.1, 0.15) is 26.2 Å². The predicted molar refractivity (Wildman–Crippen MR) is 46.6 cm³/mol. The molecule has 1 N–H and O–H groups in total. The number of hydrogen-bond acceptors (Lipinski definition) is 3. The van der Waals surface area contributed by atoms with Crippen molar-refractivity contribution in [2.24, 2.45) is 0 Å². The van der Waals surface area contributed by atoms with Gasteiger partial charge in [0.05, 0.1) is 18.2 Å². The molecule has 72 valence electrons. The van der Waals surface area contributed by atoms with E-state index in [4.69, 9.17) is 5.26 Å². The van der Waals surface area contributed by atoms with Crippen molar-refractivity contribution in [3.8, 4) is 6.07 Å². The van der Waals surface area contributed by atoms with Crippen LogP contribution in [0.3, 0.4) is 0 Å². The van der Waals surface area contributed by atoms with Gasteiger partial charge in [0.1, 0.15) is 6.42 Å². The summed E-state index contributed by atoms with van der Waals surface area (Å²) in [7, 11) is 0. The molecular formula is C9H14N2O2. The van der Waals surface area contributed by atoms with Gasteiger partial charge in [-0.3, -0.25) is 4.79 Å². The summed E-state index contributed by atoms with van der Waals surface area (Å²) in [4.78, 5) is 13.0. The topological polar surface area (TPSA) is 64.3 Å². The van der Waals surface area contributed by atoms with E-state index in [9.17, 15) is 9.90 Å². The Morgan fingerprint density at radius 1 is 1.85 bits per heavy atom. The van der Waals surface area contributed by atoms with Gasteiger partial charge in [-0.05, 0) is 19.8 Å². The first-order valence-corrected chi connectivity index (χ1v) is 4.51. The van der Waals surface area contributed by atoms with E-state index < -0.39 is 6.10 Å². The van der Waals surface area contributed by atoms with E-state index in [1.54, 1.807) is 11.8 Å². The fraction of sp³-hybridized carbons (Fsp3) is 0.778. The van der Waals surface area contributed by atoms with E-state index in [1.807, 2.05) is 6.07 Å². The lowest BCUT2D eigenvalue weighted by Crippen LogP contribution is -2.41. The zero-order chi connectivity index (χ0) is 9.84. The molecule has 1 aliphatic heterocycles. The predicted octanol–water partition coefficient (Wildman–Crippen LogP) is 0.272. The van der Waals surface area contributed by atoms with Crippen molar-refractivity contribution >= 4 is 5.91 Å². The zero-order valence-electron chi connectivity index (χ0n) is 7.73. The fourth-order valence-corrected chi connectivity index (χ4v) is 1.77. The molecule has 0 radical (unpaired) electrons. The first kappa shape index (κ1) is 10.0. The van der Waals surface area contributed by atoms with Crippen LogP contribution in [0.5, 0.6) is 0 Å². The maximum absolute atomic E-state index is 11.4. The van der Waals surface area contributed by atoms with Crippen molar-refractivity contribution in [3.05, 3.63) is 0 Å². The summed E-state index contributed by atoms with van der Waals surface area (Å²) < 4.78 is 0. The first-order valence-electron chi connectivity index (χ1n) is 4.51. The van der Waals surface area contributed by atoms with Crippen molar-refractivity contribution in [3.63, 3.8) is 0 Å². The summed E-state index contributed by atoms with van der Waals surface area (Å²) in [6.45, 7) is 2.36. The third kappa shape index (κ3) is 2.19. The van der Waals surface area contributed by atoms with Gasteiger partial charge in [0, 0.05) is 6.54 Å². The Bertz CT molecular complexity index is 232. The van der Waals surface area contributed by atoms with Crippen molar-refractivity contribution < 1.29 is 9.90 Å². The van der Waals surface area contributed by atoms with Crippen molar-refractivity contribution in [2.45, 2.75) is 38.3 Å². The van der Waals surface area contributed by atoms with Crippen LogP contribution in [0.15, 0.2) is 0 Å². The Hall–Kier alpha value is -1.08. The van der Waals surface area contributed by atoms with Gasteiger partial charge < -0.3 is 10.0 Å². The summed E-state index contributed by atoms with van der Waals surface area (Å²) in [6, 6.07) is 1.75. The maximum atomic E-state index is 11.4. The minimum atomic E-state index is -0.495. The molecule has 1 rings (SSSR count). The molecule has 0 saturated carbocycles. The number of carbonyl (C=O) groups excluding carboxylic acids is 1. The summed E-state index contributed by atoms with van der Waals surface area (Å²) in [6.07, 6.45) is 1.19. The summed E-state index contributed by atoms with van der Waals surface area (Å²) in [5.41, 5.74) is 0. The molecule has 0 aromatic carbocycles. The van der Waals surface area contributed by atoms with Crippen LogP contribution in [0.25, 0.3) is 0 Å². The molecule has 1 amide bonds. The van der Waals surface area contributed by atoms with Gasteiger partial charge in [-0.25, -0.2) is 0 Å². The van der Waals surface area contributed by atoms with Crippen LogP contribution in [0.4, 0.5) is 0 Å². The Morgan fingerprint density at radius 3 is 3.08 bits per heavy atom. The molecule has 1 saturated heterocycles. The molecule has 1 aliphatic rings. The number of carbonyl (C=O) groups is 1. The standard InChI is InChI=1S/C9H14N2O2/c1-7(12)8-3-2-6-11(8)9(13)4-5-10/h7-8,12H,2-4,6H2,1H3/t7-,8+/m1/s1. The fourth-order valence-electron chi connectivity index (χ4n) is 1.77. The minimum absolute atomic E-state index is 0.0801. The number of nitriles is 1. The van der Waals surface area contributed by atoms with Gasteiger partial charge in [0.15, 0.2) is 0 Å². The quantitative estimate of drug-likeness (QED) is 0.666. The Kier molecular flexibility index (Phi) is 3.26. The highest BCUT2D eigenvalue weighted by Crippen LogP contribution is 2.20. The first-order chi connectivity index (χ1) is 6.16.